The number of anilines is 1. The Hall–Kier alpha value is -1.55. The molecule has 2 rings (SSSR count). The highest BCUT2D eigenvalue weighted by Crippen LogP contribution is 2.13. The summed E-state index contributed by atoms with van der Waals surface area (Å²) in [7, 11) is 1.95. The first kappa shape index (κ1) is 12.9. The number of carbonyl (C=O) groups excluding carboxylic acids is 1. The number of nitrogens with zero attached hydrogens (tertiary/aromatic N) is 2. The Morgan fingerprint density at radius 3 is 2.72 bits per heavy atom. The molecule has 0 saturated carbocycles. The third-order valence-corrected chi connectivity index (χ3v) is 3.28. The van der Waals surface area contributed by atoms with Crippen LogP contribution in [0.25, 0.3) is 0 Å². The summed E-state index contributed by atoms with van der Waals surface area (Å²) in [6, 6.07) is 9.93. The number of hydrogen-bond acceptors (Lipinski definition) is 3. The van der Waals surface area contributed by atoms with Crippen LogP contribution in [-0.4, -0.2) is 48.7 Å². The summed E-state index contributed by atoms with van der Waals surface area (Å²) in [6.07, 6.45) is 1.04. The molecule has 1 heterocycles. The number of aliphatic hydroxyl groups is 1. The molecule has 0 spiro atoms. The Labute approximate surface area is 108 Å². The minimum Gasteiger partial charge on any atom is -0.389 e. The molecule has 1 fully saturated rings. The summed E-state index contributed by atoms with van der Waals surface area (Å²) in [5.41, 5.74) is 1.07. The number of β-amino-alcohol motifs (C(OH)–C–C–N with tert-alkyl or cyclic N) is 1. The molecule has 0 aliphatic carbocycles. The van der Waals surface area contributed by atoms with Crippen molar-refractivity contribution in [3.63, 3.8) is 0 Å². The van der Waals surface area contributed by atoms with Crippen LogP contribution in [0.15, 0.2) is 30.3 Å². The van der Waals surface area contributed by atoms with Gasteiger partial charge in [0.25, 0.3) is 0 Å². The molecule has 1 aliphatic heterocycles. The Balaban J connectivity index is 1.84. The van der Waals surface area contributed by atoms with E-state index in [0.717, 1.165) is 18.7 Å². The molecule has 1 N–H and O–H groups in total. The average molecular weight is 248 g/mol. The van der Waals surface area contributed by atoms with Gasteiger partial charge in [0.05, 0.1) is 6.10 Å². The van der Waals surface area contributed by atoms with Gasteiger partial charge in [0.2, 0.25) is 5.91 Å². The van der Waals surface area contributed by atoms with Crippen molar-refractivity contribution >= 4 is 11.6 Å². The summed E-state index contributed by atoms with van der Waals surface area (Å²) in [4.78, 5) is 15.2. The zero-order valence-electron chi connectivity index (χ0n) is 10.7. The standard InChI is InChI=1S/C14H20N2O2/c1-15(12-6-3-2-4-7-12)10-13(17)11-16-9-5-8-14(16)18/h2-4,6-7,13,17H,5,8-11H2,1H3. The van der Waals surface area contributed by atoms with E-state index in [2.05, 4.69) is 0 Å². The quantitative estimate of drug-likeness (QED) is 0.849. The number of benzene rings is 1. The lowest BCUT2D eigenvalue weighted by Crippen LogP contribution is -2.39. The zero-order valence-corrected chi connectivity index (χ0v) is 10.7. The van der Waals surface area contributed by atoms with Crippen LogP contribution in [0.2, 0.25) is 0 Å². The van der Waals surface area contributed by atoms with E-state index in [0.29, 0.717) is 19.5 Å². The van der Waals surface area contributed by atoms with Gasteiger partial charge in [-0.1, -0.05) is 18.2 Å². The van der Waals surface area contributed by atoms with Crippen molar-refractivity contribution in [1.82, 2.24) is 4.90 Å². The van der Waals surface area contributed by atoms with Crippen molar-refractivity contribution in [2.75, 3.05) is 31.6 Å². The fourth-order valence-corrected chi connectivity index (χ4v) is 2.31. The van der Waals surface area contributed by atoms with Crippen LogP contribution in [0.1, 0.15) is 12.8 Å². The summed E-state index contributed by atoms with van der Waals surface area (Å²) in [6.45, 7) is 1.76. The van der Waals surface area contributed by atoms with Gasteiger partial charge in [-0.2, -0.15) is 0 Å². The van der Waals surface area contributed by atoms with E-state index in [1.807, 2.05) is 42.3 Å². The maximum Gasteiger partial charge on any atom is 0.222 e. The number of amides is 1. The van der Waals surface area contributed by atoms with Gasteiger partial charge < -0.3 is 14.9 Å². The average Bonchev–Trinajstić information content (AvgIpc) is 2.76. The summed E-state index contributed by atoms with van der Waals surface area (Å²) in [5, 5.41) is 10.0. The summed E-state index contributed by atoms with van der Waals surface area (Å²) >= 11 is 0. The number of hydrogen-bond donors (Lipinski definition) is 1. The van der Waals surface area contributed by atoms with Crippen molar-refractivity contribution in [2.45, 2.75) is 18.9 Å². The Kier molecular flexibility index (Phi) is 4.20. The first-order chi connectivity index (χ1) is 8.66. The van der Waals surface area contributed by atoms with Gasteiger partial charge in [-0.25, -0.2) is 0 Å². The van der Waals surface area contributed by atoms with Gasteiger partial charge in [0.1, 0.15) is 0 Å². The van der Waals surface area contributed by atoms with Gasteiger partial charge in [-0.3, -0.25) is 4.79 Å². The van der Waals surface area contributed by atoms with E-state index in [1.165, 1.54) is 0 Å². The monoisotopic (exact) mass is 248 g/mol. The Morgan fingerprint density at radius 1 is 1.39 bits per heavy atom. The van der Waals surface area contributed by atoms with E-state index in [4.69, 9.17) is 0 Å². The minimum absolute atomic E-state index is 0.163. The second-order valence-electron chi connectivity index (χ2n) is 4.81. The molecule has 0 bridgehead atoms. The third kappa shape index (κ3) is 3.23. The van der Waals surface area contributed by atoms with E-state index in [9.17, 15) is 9.90 Å². The molecule has 18 heavy (non-hydrogen) atoms. The number of carbonyl (C=O) groups is 1. The molecule has 4 nitrogen and oxygen atoms in total. The number of aliphatic hydroxyl groups excluding tert-OH is 1. The van der Waals surface area contributed by atoms with Crippen LogP contribution < -0.4 is 4.90 Å². The number of likely N-dealkylation sites (N-methyl/N-ethyl adjacent to an activating group) is 1. The van der Waals surface area contributed by atoms with E-state index in [-0.39, 0.29) is 5.91 Å². The smallest absolute Gasteiger partial charge is 0.222 e. The van der Waals surface area contributed by atoms with Crippen LogP contribution in [-0.2, 0) is 4.79 Å². The Bertz CT molecular complexity index is 394. The molecule has 0 aromatic heterocycles. The first-order valence-corrected chi connectivity index (χ1v) is 6.39. The highest BCUT2D eigenvalue weighted by Gasteiger charge is 2.22. The molecular formula is C14H20N2O2. The molecule has 1 aliphatic rings. The van der Waals surface area contributed by atoms with E-state index in [1.54, 1.807) is 4.90 Å². The summed E-state index contributed by atoms with van der Waals surface area (Å²) < 4.78 is 0. The van der Waals surface area contributed by atoms with E-state index < -0.39 is 6.10 Å². The van der Waals surface area contributed by atoms with Crippen molar-refractivity contribution in [2.24, 2.45) is 0 Å². The predicted molar refractivity (Wildman–Crippen MR) is 71.5 cm³/mol. The van der Waals surface area contributed by atoms with Crippen molar-refractivity contribution < 1.29 is 9.90 Å². The predicted octanol–water partition coefficient (Wildman–Crippen LogP) is 1.11. The molecule has 0 radical (unpaired) electrons. The van der Waals surface area contributed by atoms with Crippen LogP contribution in [0, 0.1) is 0 Å². The number of rotatable bonds is 5. The highest BCUT2D eigenvalue weighted by molar-refractivity contribution is 5.78. The zero-order chi connectivity index (χ0) is 13.0. The Morgan fingerprint density at radius 2 is 2.11 bits per heavy atom. The SMILES string of the molecule is CN(CC(O)CN1CCCC1=O)c1ccccc1. The topological polar surface area (TPSA) is 43.8 Å². The van der Waals surface area contributed by atoms with Crippen molar-refractivity contribution in [3.8, 4) is 0 Å². The second kappa shape index (κ2) is 5.87. The molecule has 1 aromatic carbocycles. The molecule has 1 unspecified atom stereocenters. The van der Waals surface area contributed by atoms with Gasteiger partial charge in [-0.05, 0) is 18.6 Å². The van der Waals surface area contributed by atoms with Crippen LogP contribution in [0.5, 0.6) is 0 Å². The first-order valence-electron chi connectivity index (χ1n) is 6.39. The largest absolute Gasteiger partial charge is 0.389 e. The molecule has 4 heteroatoms. The van der Waals surface area contributed by atoms with Crippen LogP contribution in [0.3, 0.4) is 0 Å². The van der Waals surface area contributed by atoms with Gasteiger partial charge in [-0.15, -0.1) is 0 Å². The maximum atomic E-state index is 11.5. The van der Waals surface area contributed by atoms with Crippen LogP contribution >= 0.6 is 0 Å². The fourth-order valence-electron chi connectivity index (χ4n) is 2.31. The minimum atomic E-state index is -0.503. The second-order valence-corrected chi connectivity index (χ2v) is 4.81. The third-order valence-electron chi connectivity index (χ3n) is 3.28. The maximum absolute atomic E-state index is 11.5. The lowest BCUT2D eigenvalue weighted by atomic mass is 10.2. The molecule has 98 valence electrons. The fraction of sp³-hybridized carbons (Fsp3) is 0.500. The van der Waals surface area contributed by atoms with Gasteiger partial charge in [0.15, 0.2) is 0 Å². The van der Waals surface area contributed by atoms with Crippen LogP contribution in [0.4, 0.5) is 5.69 Å². The van der Waals surface area contributed by atoms with Gasteiger partial charge in [0, 0.05) is 38.8 Å². The van der Waals surface area contributed by atoms with E-state index >= 15 is 0 Å². The highest BCUT2D eigenvalue weighted by atomic mass is 16.3. The molecule has 1 saturated heterocycles. The molecule has 1 amide bonds. The van der Waals surface area contributed by atoms with Crippen molar-refractivity contribution in [1.29, 1.82) is 0 Å². The summed E-state index contributed by atoms with van der Waals surface area (Å²) in [5.74, 6) is 0.163. The molecular weight excluding hydrogens is 228 g/mol. The van der Waals surface area contributed by atoms with Crippen molar-refractivity contribution in [3.05, 3.63) is 30.3 Å². The normalized spacial score (nSPS) is 17.0. The number of para-hydroxylation sites is 1. The molecule has 1 atom stereocenters. The molecule has 1 aromatic rings. The lowest BCUT2D eigenvalue weighted by Gasteiger charge is -2.25. The van der Waals surface area contributed by atoms with Gasteiger partial charge >= 0.3 is 0 Å². The number of likely N-dealkylation sites (tertiary alicyclic amines) is 1. The lowest BCUT2D eigenvalue weighted by molar-refractivity contribution is -0.128.